The average Bonchev–Trinajstić information content (AvgIpc) is 3.02. The maximum absolute atomic E-state index is 12.4. The zero-order chi connectivity index (χ0) is 21.6. The van der Waals surface area contributed by atoms with E-state index < -0.39 is 11.9 Å². The molecule has 9 heteroatoms. The molecule has 0 bridgehead atoms. The Labute approximate surface area is 178 Å². The summed E-state index contributed by atoms with van der Waals surface area (Å²) in [6.45, 7) is 4.00. The normalized spacial score (nSPS) is 11.6. The zero-order valence-electron chi connectivity index (χ0n) is 16.6. The van der Waals surface area contributed by atoms with Crippen molar-refractivity contribution in [2.24, 2.45) is 0 Å². The number of methoxy groups -OCH3 is 2. The number of rotatable bonds is 8. The minimum Gasteiger partial charge on any atom is -0.465 e. The number of thiophene rings is 1. The molecule has 1 amide bonds. The molecule has 0 saturated carbocycles. The highest BCUT2D eigenvalue weighted by molar-refractivity contribution is 7.18. The fourth-order valence-electron chi connectivity index (χ4n) is 2.72. The van der Waals surface area contributed by atoms with E-state index in [1.165, 1.54) is 14.2 Å². The SMILES string of the molecule is COC(=O)c1sc(NC(=O)CCN[C@H](C)c2cccc(Cl)c2)c(C(=O)OC)c1C. The van der Waals surface area contributed by atoms with Crippen molar-refractivity contribution in [1.82, 2.24) is 5.32 Å². The maximum atomic E-state index is 12.4. The van der Waals surface area contributed by atoms with E-state index in [-0.39, 0.29) is 33.8 Å². The molecular formula is C20H23ClN2O5S. The molecule has 0 fully saturated rings. The van der Waals surface area contributed by atoms with Gasteiger partial charge in [-0.3, -0.25) is 4.79 Å². The number of carbonyl (C=O) groups excluding carboxylic acids is 3. The van der Waals surface area contributed by atoms with Gasteiger partial charge in [-0.1, -0.05) is 23.7 Å². The first-order valence-corrected chi connectivity index (χ1v) is 10.1. The fraction of sp³-hybridized carbons (Fsp3) is 0.350. The molecule has 2 N–H and O–H groups in total. The van der Waals surface area contributed by atoms with E-state index in [4.69, 9.17) is 21.1 Å². The van der Waals surface area contributed by atoms with Crippen LogP contribution in [0.1, 0.15) is 50.5 Å². The molecular weight excluding hydrogens is 416 g/mol. The second-order valence-corrected chi connectivity index (χ2v) is 7.73. The van der Waals surface area contributed by atoms with Gasteiger partial charge in [0.25, 0.3) is 0 Å². The number of hydrogen-bond acceptors (Lipinski definition) is 7. The first-order chi connectivity index (χ1) is 13.8. The topological polar surface area (TPSA) is 93.7 Å². The highest BCUT2D eigenvalue weighted by atomic mass is 35.5. The van der Waals surface area contributed by atoms with Gasteiger partial charge in [0.05, 0.1) is 19.8 Å². The van der Waals surface area contributed by atoms with Crippen molar-refractivity contribution in [3.63, 3.8) is 0 Å². The zero-order valence-corrected chi connectivity index (χ0v) is 18.2. The van der Waals surface area contributed by atoms with Crippen molar-refractivity contribution in [1.29, 1.82) is 0 Å². The highest BCUT2D eigenvalue weighted by Gasteiger charge is 2.26. The van der Waals surface area contributed by atoms with Gasteiger partial charge in [0, 0.05) is 24.0 Å². The van der Waals surface area contributed by atoms with Crippen LogP contribution in [0.5, 0.6) is 0 Å². The monoisotopic (exact) mass is 438 g/mol. The molecule has 1 aromatic heterocycles. The predicted octanol–water partition coefficient (Wildman–Crippen LogP) is 3.96. The fourth-order valence-corrected chi connectivity index (χ4v) is 4.05. The molecule has 1 heterocycles. The molecule has 156 valence electrons. The van der Waals surface area contributed by atoms with Crippen LogP contribution < -0.4 is 10.6 Å². The van der Waals surface area contributed by atoms with Crippen LogP contribution in [-0.4, -0.2) is 38.6 Å². The second-order valence-electron chi connectivity index (χ2n) is 6.27. The minimum atomic E-state index is -0.628. The number of nitrogens with one attached hydrogen (secondary N) is 2. The number of halogens is 1. The Bertz CT molecular complexity index is 912. The van der Waals surface area contributed by atoms with Crippen LogP contribution in [0.25, 0.3) is 0 Å². The van der Waals surface area contributed by atoms with Gasteiger partial charge in [-0.15, -0.1) is 11.3 Å². The van der Waals surface area contributed by atoms with Gasteiger partial charge in [0.1, 0.15) is 9.88 Å². The molecule has 0 aliphatic rings. The van der Waals surface area contributed by atoms with Crippen molar-refractivity contribution in [3.05, 3.63) is 50.9 Å². The average molecular weight is 439 g/mol. The summed E-state index contributed by atoms with van der Waals surface area (Å²) < 4.78 is 9.51. The molecule has 1 atom stereocenters. The largest absolute Gasteiger partial charge is 0.465 e. The van der Waals surface area contributed by atoms with Crippen molar-refractivity contribution in [3.8, 4) is 0 Å². The predicted molar refractivity (Wildman–Crippen MR) is 113 cm³/mol. The first kappa shape index (κ1) is 22.9. The summed E-state index contributed by atoms with van der Waals surface area (Å²) >= 11 is 6.99. The van der Waals surface area contributed by atoms with Crippen LogP contribution in [0.2, 0.25) is 5.02 Å². The molecule has 1 aromatic carbocycles. The Morgan fingerprint density at radius 3 is 2.48 bits per heavy atom. The standard InChI is InChI=1S/C20H23ClN2O5S/c1-11-16(19(25)27-3)18(29-17(11)20(26)28-4)23-15(24)8-9-22-12(2)13-6-5-7-14(21)10-13/h5-7,10,12,22H,8-9H2,1-4H3,(H,23,24)/t12-/m1/s1. The Hall–Kier alpha value is -2.42. The van der Waals surface area contributed by atoms with E-state index in [9.17, 15) is 14.4 Å². The molecule has 0 radical (unpaired) electrons. The molecule has 0 aliphatic heterocycles. The van der Waals surface area contributed by atoms with Crippen LogP contribution in [0.3, 0.4) is 0 Å². The molecule has 0 spiro atoms. The molecule has 7 nitrogen and oxygen atoms in total. The van der Waals surface area contributed by atoms with E-state index >= 15 is 0 Å². The second kappa shape index (κ2) is 10.4. The molecule has 2 rings (SSSR count). The number of ether oxygens (including phenoxy) is 2. The summed E-state index contributed by atoms with van der Waals surface area (Å²) in [5, 5.41) is 6.87. The number of esters is 2. The van der Waals surface area contributed by atoms with Crippen LogP contribution in [0.4, 0.5) is 5.00 Å². The summed E-state index contributed by atoms with van der Waals surface area (Å²) in [6.07, 6.45) is 0.177. The third kappa shape index (κ3) is 5.79. The number of hydrogen-bond donors (Lipinski definition) is 2. The van der Waals surface area contributed by atoms with Crippen LogP contribution >= 0.6 is 22.9 Å². The Balaban J connectivity index is 2.02. The van der Waals surface area contributed by atoms with Gasteiger partial charge in [0.15, 0.2) is 0 Å². The van der Waals surface area contributed by atoms with Crippen LogP contribution in [0.15, 0.2) is 24.3 Å². The Morgan fingerprint density at radius 2 is 1.86 bits per heavy atom. The summed E-state index contributed by atoms with van der Waals surface area (Å²) in [5.41, 5.74) is 1.59. The number of benzene rings is 1. The number of amides is 1. The summed E-state index contributed by atoms with van der Waals surface area (Å²) in [6, 6.07) is 7.51. The van der Waals surface area contributed by atoms with Crippen molar-refractivity contribution >= 4 is 45.8 Å². The highest BCUT2D eigenvalue weighted by Crippen LogP contribution is 2.34. The quantitative estimate of drug-likeness (QED) is 0.606. The van der Waals surface area contributed by atoms with E-state index in [0.29, 0.717) is 17.1 Å². The lowest BCUT2D eigenvalue weighted by atomic mass is 10.1. The molecule has 29 heavy (non-hydrogen) atoms. The minimum absolute atomic E-state index is 0.0158. The summed E-state index contributed by atoms with van der Waals surface area (Å²) in [7, 11) is 2.49. The van der Waals surface area contributed by atoms with E-state index in [0.717, 1.165) is 16.9 Å². The van der Waals surface area contributed by atoms with Gasteiger partial charge in [-0.25, -0.2) is 9.59 Å². The van der Waals surface area contributed by atoms with Gasteiger partial charge in [0.2, 0.25) is 5.91 Å². The smallest absolute Gasteiger partial charge is 0.348 e. The van der Waals surface area contributed by atoms with Crippen molar-refractivity contribution in [2.75, 3.05) is 26.1 Å². The molecule has 0 saturated heterocycles. The number of carbonyl (C=O) groups is 3. The van der Waals surface area contributed by atoms with Gasteiger partial charge >= 0.3 is 11.9 Å². The van der Waals surface area contributed by atoms with Crippen LogP contribution in [-0.2, 0) is 14.3 Å². The van der Waals surface area contributed by atoms with E-state index in [1.54, 1.807) is 13.0 Å². The lowest BCUT2D eigenvalue weighted by Crippen LogP contribution is -2.24. The van der Waals surface area contributed by atoms with Gasteiger partial charge in [-0.2, -0.15) is 0 Å². The van der Waals surface area contributed by atoms with Gasteiger partial charge < -0.3 is 20.1 Å². The third-order valence-corrected chi connectivity index (χ3v) is 5.73. The molecule has 0 aliphatic carbocycles. The van der Waals surface area contributed by atoms with Crippen molar-refractivity contribution < 1.29 is 23.9 Å². The van der Waals surface area contributed by atoms with E-state index in [2.05, 4.69) is 10.6 Å². The lowest BCUT2D eigenvalue weighted by Gasteiger charge is -2.14. The maximum Gasteiger partial charge on any atom is 0.348 e. The first-order valence-electron chi connectivity index (χ1n) is 8.87. The summed E-state index contributed by atoms with van der Waals surface area (Å²) in [5.74, 6) is -1.49. The van der Waals surface area contributed by atoms with E-state index in [1.807, 2.05) is 25.1 Å². The van der Waals surface area contributed by atoms with Crippen LogP contribution in [0, 0.1) is 6.92 Å². The summed E-state index contributed by atoms with van der Waals surface area (Å²) in [4.78, 5) is 36.6. The van der Waals surface area contributed by atoms with Crippen molar-refractivity contribution in [2.45, 2.75) is 26.3 Å². The number of anilines is 1. The Morgan fingerprint density at radius 1 is 1.17 bits per heavy atom. The third-order valence-electron chi connectivity index (χ3n) is 4.31. The molecule has 2 aromatic rings. The van der Waals surface area contributed by atoms with Gasteiger partial charge in [-0.05, 0) is 37.1 Å². The Kier molecular flexibility index (Phi) is 8.19. The lowest BCUT2D eigenvalue weighted by molar-refractivity contribution is -0.116. The molecule has 0 unspecified atom stereocenters.